The lowest BCUT2D eigenvalue weighted by atomic mass is 9.70. The lowest BCUT2D eigenvalue weighted by Crippen LogP contribution is -2.36. The molecule has 0 spiro atoms. The molecule has 1 rings (SSSR count). The molecule has 4 nitrogen and oxygen atoms in total. The van der Waals surface area contributed by atoms with Crippen molar-refractivity contribution < 1.29 is 19.4 Å². The van der Waals surface area contributed by atoms with Gasteiger partial charge in [0.25, 0.3) is 0 Å². The number of hydrogen-bond acceptors (Lipinski definition) is 3. The molecular weight excluding hydrogens is 172 g/mol. The summed E-state index contributed by atoms with van der Waals surface area (Å²) in [7, 11) is 1.47. The van der Waals surface area contributed by atoms with E-state index in [9.17, 15) is 9.59 Å². The van der Waals surface area contributed by atoms with E-state index in [1.54, 1.807) is 0 Å². The maximum Gasteiger partial charge on any atom is 0.303 e. The van der Waals surface area contributed by atoms with E-state index in [0.29, 0.717) is 0 Å². The van der Waals surface area contributed by atoms with Gasteiger partial charge >= 0.3 is 5.97 Å². The van der Waals surface area contributed by atoms with Gasteiger partial charge in [-0.3, -0.25) is 9.59 Å². The summed E-state index contributed by atoms with van der Waals surface area (Å²) in [6.07, 6.45) is 1.78. The molecule has 1 aliphatic carbocycles. The minimum atomic E-state index is -0.820. The molecule has 0 saturated heterocycles. The highest BCUT2D eigenvalue weighted by atomic mass is 16.5. The largest absolute Gasteiger partial charge is 0.481 e. The van der Waals surface area contributed by atoms with E-state index in [0.717, 1.165) is 12.8 Å². The van der Waals surface area contributed by atoms with E-state index >= 15 is 0 Å². The van der Waals surface area contributed by atoms with Crippen LogP contribution >= 0.6 is 0 Å². The van der Waals surface area contributed by atoms with Gasteiger partial charge in [0.2, 0.25) is 0 Å². The normalized spacial score (nSPS) is 26.5. The minimum absolute atomic E-state index is 0.0417. The predicted molar refractivity (Wildman–Crippen MR) is 45.3 cm³/mol. The zero-order valence-electron chi connectivity index (χ0n) is 7.66. The van der Waals surface area contributed by atoms with Crippen molar-refractivity contribution in [3.05, 3.63) is 0 Å². The Labute approximate surface area is 76.9 Å². The van der Waals surface area contributed by atoms with Gasteiger partial charge in [0.1, 0.15) is 6.61 Å². The molecule has 4 heteroatoms. The maximum atomic E-state index is 11.3. The van der Waals surface area contributed by atoms with Gasteiger partial charge < -0.3 is 9.84 Å². The number of ketones is 1. The van der Waals surface area contributed by atoms with Crippen LogP contribution in [-0.4, -0.2) is 30.6 Å². The molecule has 1 N–H and O–H groups in total. The van der Waals surface area contributed by atoms with Crippen molar-refractivity contribution >= 4 is 11.8 Å². The van der Waals surface area contributed by atoms with Crippen molar-refractivity contribution in [2.45, 2.75) is 19.3 Å². The van der Waals surface area contributed by atoms with Crippen LogP contribution in [-0.2, 0) is 14.3 Å². The number of carbonyl (C=O) groups excluding carboxylic acids is 1. The van der Waals surface area contributed by atoms with Crippen molar-refractivity contribution in [2.75, 3.05) is 13.7 Å². The van der Waals surface area contributed by atoms with Gasteiger partial charge in [-0.2, -0.15) is 0 Å². The summed E-state index contributed by atoms with van der Waals surface area (Å²) in [6, 6.07) is 0. The van der Waals surface area contributed by atoms with Gasteiger partial charge in [-0.15, -0.1) is 0 Å². The van der Waals surface area contributed by atoms with Crippen LogP contribution in [0.1, 0.15) is 19.3 Å². The molecule has 1 aliphatic rings. The molecule has 13 heavy (non-hydrogen) atoms. The van der Waals surface area contributed by atoms with Gasteiger partial charge in [0.15, 0.2) is 5.78 Å². The first-order valence-electron chi connectivity index (χ1n) is 4.38. The molecule has 2 atom stereocenters. The van der Waals surface area contributed by atoms with Crippen molar-refractivity contribution in [2.24, 2.45) is 11.8 Å². The first kappa shape index (κ1) is 10.2. The molecule has 0 bridgehead atoms. The summed E-state index contributed by atoms with van der Waals surface area (Å²) in [5.74, 6) is -0.809. The molecule has 0 aromatic rings. The number of ether oxygens (including phenoxy) is 1. The van der Waals surface area contributed by atoms with Crippen molar-refractivity contribution in [3.8, 4) is 0 Å². The third-order valence-corrected chi connectivity index (χ3v) is 2.55. The molecule has 0 amide bonds. The van der Waals surface area contributed by atoms with Crippen LogP contribution in [0.2, 0.25) is 0 Å². The van der Waals surface area contributed by atoms with Crippen molar-refractivity contribution in [3.63, 3.8) is 0 Å². The lowest BCUT2D eigenvalue weighted by molar-refractivity contribution is -0.141. The quantitative estimate of drug-likeness (QED) is 0.686. The second-order valence-electron chi connectivity index (χ2n) is 3.44. The number of carbonyl (C=O) groups is 2. The van der Waals surface area contributed by atoms with Crippen LogP contribution in [0, 0.1) is 11.8 Å². The average Bonchev–Trinajstić information content (AvgIpc) is 1.98. The number of methoxy groups -OCH3 is 1. The second-order valence-corrected chi connectivity index (χ2v) is 3.44. The van der Waals surface area contributed by atoms with Gasteiger partial charge in [0, 0.05) is 19.4 Å². The van der Waals surface area contributed by atoms with Gasteiger partial charge in [-0.1, -0.05) is 0 Å². The average molecular weight is 186 g/mol. The molecule has 0 radical (unpaired) electrons. The Hall–Kier alpha value is -0.900. The van der Waals surface area contributed by atoms with Crippen LogP contribution in [0.4, 0.5) is 0 Å². The smallest absolute Gasteiger partial charge is 0.303 e. The summed E-state index contributed by atoms with van der Waals surface area (Å²) in [5, 5.41) is 8.54. The number of aliphatic carboxylic acids is 1. The predicted octanol–water partition coefficient (Wildman–Crippen LogP) is 0.703. The molecule has 0 heterocycles. The molecule has 0 aliphatic heterocycles. The Balaban J connectivity index is 2.35. The molecular formula is C9H14O4. The number of rotatable bonds is 5. The molecule has 2 unspecified atom stereocenters. The number of hydrogen-bond donors (Lipinski definition) is 1. The first-order chi connectivity index (χ1) is 6.15. The van der Waals surface area contributed by atoms with E-state index < -0.39 is 5.97 Å². The fourth-order valence-electron chi connectivity index (χ4n) is 1.71. The Morgan fingerprint density at radius 1 is 1.46 bits per heavy atom. The first-order valence-corrected chi connectivity index (χ1v) is 4.38. The van der Waals surface area contributed by atoms with Crippen LogP contribution in [0.15, 0.2) is 0 Å². The number of carboxylic acids is 1. The number of carboxylic acid groups (broad SMARTS) is 1. The van der Waals surface area contributed by atoms with E-state index in [-0.39, 0.29) is 30.6 Å². The summed E-state index contributed by atoms with van der Waals surface area (Å²) >= 11 is 0. The van der Waals surface area contributed by atoms with Crippen LogP contribution in [0.5, 0.6) is 0 Å². The van der Waals surface area contributed by atoms with E-state index in [4.69, 9.17) is 9.84 Å². The standard InChI is InChI=1S/C9H14O4/c1-13-5-8(10)7-3-2-6(7)4-9(11)12/h6-7H,2-5H2,1H3,(H,11,12). The molecule has 1 saturated carbocycles. The fourth-order valence-corrected chi connectivity index (χ4v) is 1.71. The van der Waals surface area contributed by atoms with E-state index in [1.165, 1.54) is 7.11 Å². The molecule has 0 aromatic heterocycles. The zero-order valence-corrected chi connectivity index (χ0v) is 7.66. The van der Waals surface area contributed by atoms with E-state index in [2.05, 4.69) is 0 Å². The Kier molecular flexibility index (Phi) is 3.42. The monoisotopic (exact) mass is 186 g/mol. The van der Waals surface area contributed by atoms with E-state index in [1.807, 2.05) is 0 Å². The van der Waals surface area contributed by atoms with Gasteiger partial charge in [0.05, 0.1) is 0 Å². The fraction of sp³-hybridized carbons (Fsp3) is 0.778. The highest BCUT2D eigenvalue weighted by molar-refractivity contribution is 5.84. The van der Waals surface area contributed by atoms with Crippen molar-refractivity contribution in [1.82, 2.24) is 0 Å². The Morgan fingerprint density at radius 2 is 2.15 bits per heavy atom. The highest BCUT2D eigenvalue weighted by Crippen LogP contribution is 2.37. The Morgan fingerprint density at radius 3 is 2.54 bits per heavy atom. The summed E-state index contributed by atoms with van der Waals surface area (Å²) in [6.45, 7) is 0.112. The third kappa shape index (κ3) is 2.52. The minimum Gasteiger partial charge on any atom is -0.481 e. The second kappa shape index (κ2) is 4.37. The van der Waals surface area contributed by atoms with Crippen LogP contribution in [0.25, 0.3) is 0 Å². The lowest BCUT2D eigenvalue weighted by Gasteiger charge is -2.34. The van der Waals surface area contributed by atoms with Crippen LogP contribution in [0.3, 0.4) is 0 Å². The van der Waals surface area contributed by atoms with Crippen LogP contribution < -0.4 is 0 Å². The SMILES string of the molecule is COCC(=O)C1CCC1CC(=O)O. The van der Waals surface area contributed by atoms with Crippen molar-refractivity contribution in [1.29, 1.82) is 0 Å². The summed E-state index contributed by atoms with van der Waals surface area (Å²) < 4.78 is 4.72. The molecule has 1 fully saturated rings. The van der Waals surface area contributed by atoms with Gasteiger partial charge in [-0.25, -0.2) is 0 Å². The summed E-state index contributed by atoms with van der Waals surface area (Å²) in [5.41, 5.74) is 0. The topological polar surface area (TPSA) is 63.6 Å². The summed E-state index contributed by atoms with van der Waals surface area (Å²) in [4.78, 5) is 21.7. The molecule has 0 aromatic carbocycles. The third-order valence-electron chi connectivity index (χ3n) is 2.55. The Bertz CT molecular complexity index is 212. The number of Topliss-reactive ketones (excluding diaryl/α,β-unsaturated/α-hetero) is 1. The van der Waals surface area contributed by atoms with Gasteiger partial charge in [-0.05, 0) is 18.8 Å². The highest BCUT2D eigenvalue weighted by Gasteiger charge is 2.37. The zero-order chi connectivity index (χ0) is 9.84. The maximum absolute atomic E-state index is 11.3. The molecule has 74 valence electrons.